The van der Waals surface area contributed by atoms with Crippen molar-refractivity contribution in [3.05, 3.63) is 67.8 Å². The van der Waals surface area contributed by atoms with Gasteiger partial charge in [0.05, 0.1) is 28.6 Å². The van der Waals surface area contributed by atoms with E-state index in [1.807, 2.05) is 0 Å². The molecule has 2 aromatic carbocycles. The predicted octanol–water partition coefficient (Wildman–Crippen LogP) is 3.07. The number of anilines is 1. The Bertz CT molecular complexity index is 802. The average molecular weight is 331 g/mol. The van der Waals surface area contributed by atoms with Gasteiger partial charge in [-0.2, -0.15) is 0 Å². The van der Waals surface area contributed by atoms with Crippen LogP contribution in [0.1, 0.15) is 15.9 Å². The highest BCUT2D eigenvalue weighted by Crippen LogP contribution is 2.25. The van der Waals surface area contributed by atoms with Crippen LogP contribution in [0.4, 0.5) is 17.1 Å². The molecule has 0 bridgehead atoms. The van der Waals surface area contributed by atoms with Crippen LogP contribution in [0.3, 0.4) is 0 Å². The summed E-state index contributed by atoms with van der Waals surface area (Å²) in [5.41, 5.74) is -0.0160. The first-order valence-corrected chi connectivity index (χ1v) is 6.71. The summed E-state index contributed by atoms with van der Waals surface area (Å²) in [7, 11) is 1.52. The summed E-state index contributed by atoms with van der Waals surface area (Å²) in [5.74, 6) is -0.0506. The van der Waals surface area contributed by atoms with E-state index in [9.17, 15) is 25.0 Å². The summed E-state index contributed by atoms with van der Waals surface area (Å²) >= 11 is 0. The summed E-state index contributed by atoms with van der Waals surface area (Å²) in [6.45, 7) is 1.78. The van der Waals surface area contributed by atoms with E-state index in [1.165, 1.54) is 7.11 Å². The van der Waals surface area contributed by atoms with Gasteiger partial charge in [0.15, 0.2) is 0 Å². The van der Waals surface area contributed by atoms with Crippen LogP contribution in [-0.4, -0.2) is 22.9 Å². The summed E-state index contributed by atoms with van der Waals surface area (Å²) in [4.78, 5) is 32.4. The van der Waals surface area contributed by atoms with Gasteiger partial charge in [0, 0.05) is 17.8 Å². The molecule has 9 heteroatoms. The smallest absolute Gasteiger partial charge is 0.277 e. The minimum absolute atomic E-state index is 0.177. The Labute approximate surface area is 136 Å². The van der Waals surface area contributed by atoms with E-state index in [4.69, 9.17) is 4.74 Å². The van der Waals surface area contributed by atoms with Crippen molar-refractivity contribution >= 4 is 23.0 Å². The van der Waals surface area contributed by atoms with Crippen LogP contribution in [0.2, 0.25) is 0 Å². The standard InChI is InChI=1S/C15H13N3O6/c1-9-5-11(3-4-14(9)24-2)16-15(19)10-6-12(17(20)21)8-13(7-10)18(22)23/h3-8H,1-2H3,(H,16,19). The molecule has 0 aliphatic heterocycles. The number of methoxy groups -OCH3 is 1. The summed E-state index contributed by atoms with van der Waals surface area (Å²) in [6.07, 6.45) is 0. The van der Waals surface area contributed by atoms with Gasteiger partial charge >= 0.3 is 0 Å². The number of hydrogen-bond donors (Lipinski definition) is 1. The van der Waals surface area contributed by atoms with Gasteiger partial charge < -0.3 is 10.1 Å². The molecule has 9 nitrogen and oxygen atoms in total. The number of ether oxygens (including phenoxy) is 1. The van der Waals surface area contributed by atoms with Gasteiger partial charge in [-0.15, -0.1) is 0 Å². The predicted molar refractivity (Wildman–Crippen MR) is 85.4 cm³/mol. The molecular weight excluding hydrogens is 318 g/mol. The second-order valence-corrected chi connectivity index (χ2v) is 4.89. The number of nitrogens with one attached hydrogen (secondary N) is 1. The Kier molecular flexibility index (Phi) is 4.73. The average Bonchev–Trinajstić information content (AvgIpc) is 2.54. The lowest BCUT2D eigenvalue weighted by Gasteiger charge is -2.09. The summed E-state index contributed by atoms with van der Waals surface area (Å²) in [6, 6.07) is 7.67. The number of hydrogen-bond acceptors (Lipinski definition) is 6. The van der Waals surface area contributed by atoms with E-state index in [0.29, 0.717) is 11.4 Å². The van der Waals surface area contributed by atoms with Crippen LogP contribution in [-0.2, 0) is 0 Å². The lowest BCUT2D eigenvalue weighted by Crippen LogP contribution is -2.12. The molecule has 0 radical (unpaired) electrons. The van der Waals surface area contributed by atoms with Gasteiger partial charge in [-0.05, 0) is 30.7 Å². The minimum Gasteiger partial charge on any atom is -0.496 e. The van der Waals surface area contributed by atoms with Crippen molar-refractivity contribution in [2.24, 2.45) is 0 Å². The van der Waals surface area contributed by atoms with Crippen LogP contribution in [0.5, 0.6) is 5.75 Å². The molecule has 0 saturated carbocycles. The zero-order valence-corrected chi connectivity index (χ0v) is 12.8. The normalized spacial score (nSPS) is 10.1. The molecule has 0 fully saturated rings. The van der Waals surface area contributed by atoms with Crippen LogP contribution in [0, 0.1) is 27.2 Å². The zero-order valence-electron chi connectivity index (χ0n) is 12.8. The molecule has 2 rings (SSSR count). The minimum atomic E-state index is -0.790. The number of carbonyl (C=O) groups is 1. The number of nitro benzene ring substituents is 2. The van der Waals surface area contributed by atoms with Gasteiger partial charge in [-0.3, -0.25) is 25.0 Å². The number of amides is 1. The Morgan fingerprint density at radius 2 is 1.62 bits per heavy atom. The molecule has 0 aromatic heterocycles. The molecule has 1 N–H and O–H groups in total. The van der Waals surface area contributed by atoms with Gasteiger partial charge in [0.25, 0.3) is 17.3 Å². The molecule has 0 saturated heterocycles. The van der Waals surface area contributed by atoms with Crippen molar-refractivity contribution in [3.8, 4) is 5.75 Å². The molecular formula is C15H13N3O6. The first kappa shape index (κ1) is 16.9. The van der Waals surface area contributed by atoms with Crippen molar-refractivity contribution in [3.63, 3.8) is 0 Å². The van der Waals surface area contributed by atoms with E-state index in [2.05, 4.69) is 5.32 Å². The molecule has 0 atom stereocenters. The Balaban J connectivity index is 2.33. The molecule has 24 heavy (non-hydrogen) atoms. The first-order valence-electron chi connectivity index (χ1n) is 6.71. The highest BCUT2D eigenvalue weighted by Gasteiger charge is 2.20. The maximum Gasteiger partial charge on any atom is 0.277 e. The van der Waals surface area contributed by atoms with E-state index in [-0.39, 0.29) is 5.56 Å². The highest BCUT2D eigenvalue weighted by atomic mass is 16.6. The highest BCUT2D eigenvalue weighted by molar-refractivity contribution is 6.05. The van der Waals surface area contributed by atoms with Crippen LogP contribution >= 0.6 is 0 Å². The van der Waals surface area contributed by atoms with Gasteiger partial charge in [-0.1, -0.05) is 0 Å². The molecule has 1 amide bonds. The maximum absolute atomic E-state index is 12.2. The first-order chi connectivity index (χ1) is 11.3. The van der Waals surface area contributed by atoms with E-state index in [1.54, 1.807) is 25.1 Å². The van der Waals surface area contributed by atoms with Crippen molar-refractivity contribution in [1.29, 1.82) is 0 Å². The number of nitro groups is 2. The fourth-order valence-corrected chi connectivity index (χ4v) is 2.10. The fourth-order valence-electron chi connectivity index (χ4n) is 2.10. The third-order valence-electron chi connectivity index (χ3n) is 3.24. The quantitative estimate of drug-likeness (QED) is 0.663. The second-order valence-electron chi connectivity index (χ2n) is 4.89. The van der Waals surface area contributed by atoms with Gasteiger partial charge in [-0.25, -0.2) is 0 Å². The molecule has 0 heterocycles. The lowest BCUT2D eigenvalue weighted by atomic mass is 10.1. The fraction of sp³-hybridized carbons (Fsp3) is 0.133. The van der Waals surface area contributed by atoms with Crippen molar-refractivity contribution in [2.45, 2.75) is 6.92 Å². The molecule has 0 unspecified atom stereocenters. The number of carbonyl (C=O) groups excluding carboxylic acids is 1. The number of benzene rings is 2. The SMILES string of the molecule is COc1ccc(NC(=O)c2cc([N+](=O)[O-])cc([N+](=O)[O-])c2)cc1C. The van der Waals surface area contributed by atoms with Crippen molar-refractivity contribution in [1.82, 2.24) is 0 Å². The number of nitrogens with zero attached hydrogens (tertiary/aromatic N) is 2. The van der Waals surface area contributed by atoms with Gasteiger partial charge in [0.2, 0.25) is 0 Å². The van der Waals surface area contributed by atoms with E-state index in [0.717, 1.165) is 23.8 Å². The van der Waals surface area contributed by atoms with Crippen LogP contribution in [0.25, 0.3) is 0 Å². The van der Waals surface area contributed by atoms with Crippen LogP contribution < -0.4 is 10.1 Å². The zero-order chi connectivity index (χ0) is 17.9. The van der Waals surface area contributed by atoms with Crippen molar-refractivity contribution in [2.75, 3.05) is 12.4 Å². The third-order valence-corrected chi connectivity index (χ3v) is 3.24. The summed E-state index contributed by atoms with van der Waals surface area (Å²) in [5, 5.41) is 24.3. The second kappa shape index (κ2) is 6.73. The maximum atomic E-state index is 12.2. The van der Waals surface area contributed by atoms with E-state index >= 15 is 0 Å². The Morgan fingerprint density at radius 3 is 2.08 bits per heavy atom. The Hall–Kier alpha value is -3.49. The third kappa shape index (κ3) is 3.64. The topological polar surface area (TPSA) is 125 Å². The largest absolute Gasteiger partial charge is 0.496 e. The Morgan fingerprint density at radius 1 is 1.04 bits per heavy atom. The summed E-state index contributed by atoms with van der Waals surface area (Å²) < 4.78 is 5.11. The molecule has 0 spiro atoms. The van der Waals surface area contributed by atoms with E-state index < -0.39 is 27.1 Å². The molecule has 2 aromatic rings. The number of aryl methyl sites for hydroxylation is 1. The molecule has 0 aliphatic rings. The van der Waals surface area contributed by atoms with Gasteiger partial charge in [0.1, 0.15) is 5.75 Å². The number of rotatable bonds is 5. The van der Waals surface area contributed by atoms with Crippen LogP contribution in [0.15, 0.2) is 36.4 Å². The molecule has 124 valence electrons. The monoisotopic (exact) mass is 331 g/mol. The number of non-ortho nitro benzene ring substituents is 2. The van der Waals surface area contributed by atoms with Crippen molar-refractivity contribution < 1.29 is 19.4 Å². The molecule has 0 aliphatic carbocycles. The lowest BCUT2D eigenvalue weighted by molar-refractivity contribution is -0.394.